The standard InChI is InChI=1S/C13H12N2S/c14-10-11-3-1-4-12(9-11)15-7-6-13-5-2-8-16-13/h1-5,8-9,15H,6-7H2. The van der Waals surface area contributed by atoms with Crippen LogP contribution in [-0.2, 0) is 6.42 Å². The Balaban J connectivity index is 1.88. The van der Waals surface area contributed by atoms with Crippen LogP contribution in [0.4, 0.5) is 5.69 Å². The first-order valence-corrected chi connectivity index (χ1v) is 6.03. The molecule has 16 heavy (non-hydrogen) atoms. The number of nitriles is 1. The smallest absolute Gasteiger partial charge is 0.0992 e. The minimum atomic E-state index is 0.695. The quantitative estimate of drug-likeness (QED) is 0.871. The molecule has 0 amide bonds. The van der Waals surface area contributed by atoms with Gasteiger partial charge in [0.05, 0.1) is 11.6 Å². The van der Waals surface area contributed by atoms with E-state index in [4.69, 9.17) is 5.26 Å². The SMILES string of the molecule is N#Cc1cccc(NCCc2cccs2)c1. The summed E-state index contributed by atoms with van der Waals surface area (Å²) >= 11 is 1.77. The molecule has 1 aromatic heterocycles. The number of benzene rings is 1. The third-order valence-corrected chi connectivity index (χ3v) is 3.21. The van der Waals surface area contributed by atoms with Crippen molar-refractivity contribution in [2.75, 3.05) is 11.9 Å². The molecule has 1 N–H and O–H groups in total. The van der Waals surface area contributed by atoms with Crippen molar-refractivity contribution in [2.45, 2.75) is 6.42 Å². The molecule has 1 aromatic carbocycles. The van der Waals surface area contributed by atoms with E-state index in [1.165, 1.54) is 4.88 Å². The molecular formula is C13H12N2S. The fraction of sp³-hybridized carbons (Fsp3) is 0.154. The van der Waals surface area contributed by atoms with Gasteiger partial charge in [0.15, 0.2) is 0 Å². The first kappa shape index (κ1) is 10.7. The largest absolute Gasteiger partial charge is 0.385 e. The summed E-state index contributed by atoms with van der Waals surface area (Å²) in [6.45, 7) is 0.898. The number of anilines is 1. The molecule has 0 aliphatic heterocycles. The Kier molecular flexibility index (Phi) is 3.58. The summed E-state index contributed by atoms with van der Waals surface area (Å²) < 4.78 is 0. The van der Waals surface area contributed by atoms with Crippen LogP contribution in [0.1, 0.15) is 10.4 Å². The highest BCUT2D eigenvalue weighted by Gasteiger charge is 1.96. The predicted molar refractivity (Wildman–Crippen MR) is 67.7 cm³/mol. The second-order valence-electron chi connectivity index (χ2n) is 3.45. The average Bonchev–Trinajstić information content (AvgIpc) is 2.82. The van der Waals surface area contributed by atoms with Crippen molar-refractivity contribution in [3.8, 4) is 6.07 Å². The Morgan fingerprint density at radius 2 is 2.19 bits per heavy atom. The van der Waals surface area contributed by atoms with Crippen molar-refractivity contribution in [1.29, 1.82) is 5.26 Å². The number of nitrogens with one attached hydrogen (secondary N) is 1. The zero-order valence-electron chi connectivity index (χ0n) is 8.81. The molecule has 0 unspecified atom stereocenters. The van der Waals surface area contributed by atoms with Crippen molar-refractivity contribution in [2.24, 2.45) is 0 Å². The Morgan fingerprint density at radius 1 is 1.25 bits per heavy atom. The molecule has 0 radical (unpaired) electrons. The van der Waals surface area contributed by atoms with Crippen LogP contribution >= 0.6 is 11.3 Å². The van der Waals surface area contributed by atoms with Crippen LogP contribution in [0.15, 0.2) is 41.8 Å². The van der Waals surface area contributed by atoms with Crippen molar-refractivity contribution < 1.29 is 0 Å². The Bertz CT molecular complexity index is 483. The van der Waals surface area contributed by atoms with Gasteiger partial charge in [-0.3, -0.25) is 0 Å². The van der Waals surface area contributed by atoms with E-state index in [-0.39, 0.29) is 0 Å². The van der Waals surface area contributed by atoms with Crippen LogP contribution in [0.5, 0.6) is 0 Å². The summed E-state index contributed by atoms with van der Waals surface area (Å²) in [7, 11) is 0. The lowest BCUT2D eigenvalue weighted by Crippen LogP contribution is -2.03. The molecular weight excluding hydrogens is 216 g/mol. The van der Waals surface area contributed by atoms with E-state index in [9.17, 15) is 0 Å². The Hall–Kier alpha value is -1.79. The van der Waals surface area contributed by atoms with E-state index >= 15 is 0 Å². The molecule has 0 atom stereocenters. The van der Waals surface area contributed by atoms with Gasteiger partial charge in [-0.05, 0) is 36.1 Å². The van der Waals surface area contributed by atoms with Gasteiger partial charge in [-0.1, -0.05) is 12.1 Å². The fourth-order valence-corrected chi connectivity index (χ4v) is 2.19. The molecule has 0 spiro atoms. The molecule has 2 nitrogen and oxygen atoms in total. The van der Waals surface area contributed by atoms with Gasteiger partial charge in [0.25, 0.3) is 0 Å². The van der Waals surface area contributed by atoms with Gasteiger partial charge in [0.1, 0.15) is 0 Å². The van der Waals surface area contributed by atoms with Crippen LogP contribution in [0, 0.1) is 11.3 Å². The molecule has 0 fully saturated rings. The minimum Gasteiger partial charge on any atom is -0.385 e. The van der Waals surface area contributed by atoms with Crippen molar-refractivity contribution in [3.05, 3.63) is 52.2 Å². The number of hydrogen-bond acceptors (Lipinski definition) is 3. The van der Waals surface area contributed by atoms with Gasteiger partial charge < -0.3 is 5.32 Å². The second kappa shape index (κ2) is 5.34. The maximum Gasteiger partial charge on any atom is 0.0992 e. The number of rotatable bonds is 4. The lowest BCUT2D eigenvalue weighted by atomic mass is 10.2. The highest BCUT2D eigenvalue weighted by molar-refractivity contribution is 7.09. The lowest BCUT2D eigenvalue weighted by Gasteiger charge is -2.05. The number of nitrogens with zero attached hydrogens (tertiary/aromatic N) is 1. The van der Waals surface area contributed by atoms with Gasteiger partial charge in [0, 0.05) is 17.1 Å². The Morgan fingerprint density at radius 3 is 2.94 bits per heavy atom. The monoisotopic (exact) mass is 228 g/mol. The summed E-state index contributed by atoms with van der Waals surface area (Å²) in [5, 5.41) is 14.2. The van der Waals surface area contributed by atoms with Crippen LogP contribution in [0.25, 0.3) is 0 Å². The van der Waals surface area contributed by atoms with E-state index in [2.05, 4.69) is 28.9 Å². The van der Waals surface area contributed by atoms with Crippen LogP contribution in [0.3, 0.4) is 0 Å². The van der Waals surface area contributed by atoms with E-state index in [0.717, 1.165) is 18.7 Å². The van der Waals surface area contributed by atoms with Crippen LogP contribution in [-0.4, -0.2) is 6.54 Å². The molecule has 0 saturated carbocycles. The van der Waals surface area contributed by atoms with Gasteiger partial charge in [-0.25, -0.2) is 0 Å². The van der Waals surface area contributed by atoms with Crippen LogP contribution in [0.2, 0.25) is 0 Å². The molecule has 2 rings (SSSR count). The predicted octanol–water partition coefficient (Wildman–Crippen LogP) is 3.27. The van der Waals surface area contributed by atoms with Gasteiger partial charge in [-0.15, -0.1) is 11.3 Å². The molecule has 3 heteroatoms. The zero-order chi connectivity index (χ0) is 11.2. The number of thiophene rings is 1. The Labute approximate surface area is 99.2 Å². The first-order valence-electron chi connectivity index (χ1n) is 5.15. The van der Waals surface area contributed by atoms with E-state index in [1.54, 1.807) is 11.3 Å². The minimum absolute atomic E-state index is 0.695. The summed E-state index contributed by atoms with van der Waals surface area (Å²) in [6, 6.07) is 13.9. The highest BCUT2D eigenvalue weighted by atomic mass is 32.1. The van der Waals surface area contributed by atoms with Crippen molar-refractivity contribution >= 4 is 17.0 Å². The third-order valence-electron chi connectivity index (χ3n) is 2.27. The summed E-state index contributed by atoms with van der Waals surface area (Å²) in [5.41, 5.74) is 1.71. The maximum absolute atomic E-state index is 8.76. The van der Waals surface area contributed by atoms with Gasteiger partial charge in [-0.2, -0.15) is 5.26 Å². The molecule has 2 aromatic rings. The zero-order valence-corrected chi connectivity index (χ0v) is 9.63. The van der Waals surface area contributed by atoms with E-state index < -0.39 is 0 Å². The molecule has 0 bridgehead atoms. The summed E-state index contributed by atoms with van der Waals surface area (Å²) in [4.78, 5) is 1.38. The topological polar surface area (TPSA) is 35.8 Å². The summed E-state index contributed by atoms with van der Waals surface area (Å²) in [5.74, 6) is 0. The molecule has 0 aliphatic rings. The number of hydrogen-bond donors (Lipinski definition) is 1. The van der Waals surface area contributed by atoms with E-state index in [1.807, 2.05) is 24.3 Å². The van der Waals surface area contributed by atoms with Crippen molar-refractivity contribution in [1.82, 2.24) is 0 Å². The average molecular weight is 228 g/mol. The van der Waals surface area contributed by atoms with E-state index in [0.29, 0.717) is 5.56 Å². The molecule has 0 aliphatic carbocycles. The highest BCUT2D eigenvalue weighted by Crippen LogP contribution is 2.12. The normalized spacial score (nSPS) is 9.69. The summed E-state index contributed by atoms with van der Waals surface area (Å²) in [6.07, 6.45) is 1.02. The molecule has 0 saturated heterocycles. The molecule has 1 heterocycles. The maximum atomic E-state index is 8.76. The first-order chi connectivity index (χ1) is 7.88. The van der Waals surface area contributed by atoms with Gasteiger partial charge >= 0.3 is 0 Å². The molecule has 80 valence electrons. The fourth-order valence-electron chi connectivity index (χ4n) is 1.48. The van der Waals surface area contributed by atoms with Crippen LogP contribution < -0.4 is 5.32 Å². The second-order valence-corrected chi connectivity index (χ2v) is 4.48. The van der Waals surface area contributed by atoms with Gasteiger partial charge in [0.2, 0.25) is 0 Å². The van der Waals surface area contributed by atoms with Crippen molar-refractivity contribution in [3.63, 3.8) is 0 Å². The third kappa shape index (κ3) is 2.85. The lowest BCUT2D eigenvalue weighted by molar-refractivity contribution is 1.04.